The molecule has 0 saturated carbocycles. The van der Waals surface area contributed by atoms with Crippen molar-refractivity contribution >= 4 is 17.4 Å². The molecule has 0 spiro atoms. The van der Waals surface area contributed by atoms with E-state index in [0.717, 1.165) is 29.4 Å². The molecular weight excluding hydrogens is 223 g/mol. The van der Waals surface area contributed by atoms with Gasteiger partial charge >= 0.3 is 0 Å². The highest BCUT2D eigenvalue weighted by Gasteiger charge is 2.25. The normalized spacial score (nSPS) is 19.7. The minimum atomic E-state index is -0.104. The van der Waals surface area contributed by atoms with Crippen molar-refractivity contribution in [1.29, 1.82) is 0 Å². The number of hydrogen-bond donors (Lipinski definition) is 1. The Balaban J connectivity index is 2.31. The minimum absolute atomic E-state index is 0.104. The molecule has 0 aliphatic carbocycles. The third-order valence-electron chi connectivity index (χ3n) is 2.85. The summed E-state index contributed by atoms with van der Waals surface area (Å²) >= 11 is 1.75. The van der Waals surface area contributed by atoms with E-state index < -0.39 is 0 Å². The summed E-state index contributed by atoms with van der Waals surface area (Å²) in [6, 6.07) is 5.72. The maximum Gasteiger partial charge on any atom is 0.147 e. The summed E-state index contributed by atoms with van der Waals surface area (Å²) < 4.78 is 13.8. The molecule has 88 valence electrons. The standard InChI is InChI=1S/C12H17FN2S/c1-9-8-16-11-5-3-4-10(13)12(11)15(9)7-6-14-2/h3-5,9,14H,6-8H2,1-2H3. The van der Waals surface area contributed by atoms with Gasteiger partial charge in [-0.05, 0) is 26.1 Å². The van der Waals surface area contributed by atoms with Crippen LogP contribution in [0.3, 0.4) is 0 Å². The third-order valence-corrected chi connectivity index (χ3v) is 4.14. The molecule has 1 aromatic carbocycles. The molecule has 0 fully saturated rings. The van der Waals surface area contributed by atoms with Crippen molar-refractivity contribution in [3.63, 3.8) is 0 Å². The molecule has 0 aromatic heterocycles. The second-order valence-corrected chi connectivity index (χ2v) is 5.11. The van der Waals surface area contributed by atoms with E-state index in [9.17, 15) is 4.39 Å². The smallest absolute Gasteiger partial charge is 0.147 e. The number of hydrogen-bond acceptors (Lipinski definition) is 3. The predicted octanol–water partition coefficient (Wildman–Crippen LogP) is 2.35. The number of para-hydroxylation sites is 1. The number of fused-ring (bicyclic) bond motifs is 1. The van der Waals surface area contributed by atoms with Crippen LogP contribution in [0.2, 0.25) is 0 Å². The molecule has 4 heteroatoms. The fourth-order valence-electron chi connectivity index (χ4n) is 1.98. The summed E-state index contributed by atoms with van der Waals surface area (Å²) in [5.74, 6) is 0.924. The Morgan fingerprint density at radius 1 is 1.56 bits per heavy atom. The summed E-state index contributed by atoms with van der Waals surface area (Å²) in [5, 5.41) is 3.11. The SMILES string of the molecule is CNCCN1c2c(F)cccc2SCC1C. The zero-order valence-corrected chi connectivity index (χ0v) is 10.5. The lowest BCUT2D eigenvalue weighted by atomic mass is 10.2. The molecule has 1 aliphatic rings. The van der Waals surface area contributed by atoms with E-state index >= 15 is 0 Å². The van der Waals surface area contributed by atoms with Crippen molar-refractivity contribution in [2.45, 2.75) is 17.9 Å². The zero-order chi connectivity index (χ0) is 11.5. The molecule has 16 heavy (non-hydrogen) atoms. The van der Waals surface area contributed by atoms with Crippen LogP contribution >= 0.6 is 11.8 Å². The Bertz CT molecular complexity index is 370. The first-order valence-electron chi connectivity index (χ1n) is 5.56. The van der Waals surface area contributed by atoms with Gasteiger partial charge in [0, 0.05) is 29.8 Å². The van der Waals surface area contributed by atoms with Crippen LogP contribution in [-0.4, -0.2) is 31.9 Å². The molecule has 1 aliphatic heterocycles. The minimum Gasteiger partial charge on any atom is -0.363 e. The first-order chi connectivity index (χ1) is 7.74. The van der Waals surface area contributed by atoms with Crippen molar-refractivity contribution in [3.05, 3.63) is 24.0 Å². The highest BCUT2D eigenvalue weighted by Crippen LogP contribution is 2.38. The van der Waals surface area contributed by atoms with Crippen LogP contribution in [-0.2, 0) is 0 Å². The molecule has 0 saturated heterocycles. The first-order valence-corrected chi connectivity index (χ1v) is 6.55. The lowest BCUT2D eigenvalue weighted by Gasteiger charge is -2.36. The number of rotatable bonds is 3. The molecule has 1 atom stereocenters. The summed E-state index contributed by atoms with van der Waals surface area (Å²) in [7, 11) is 1.92. The van der Waals surface area contributed by atoms with Gasteiger partial charge in [-0.15, -0.1) is 11.8 Å². The largest absolute Gasteiger partial charge is 0.363 e. The van der Waals surface area contributed by atoms with Gasteiger partial charge in [-0.1, -0.05) is 6.07 Å². The van der Waals surface area contributed by atoms with Crippen molar-refractivity contribution in [3.8, 4) is 0 Å². The van der Waals surface area contributed by atoms with Gasteiger partial charge in [-0.25, -0.2) is 4.39 Å². The summed E-state index contributed by atoms with van der Waals surface area (Å²) in [6.07, 6.45) is 0. The van der Waals surface area contributed by atoms with Crippen LogP contribution in [0.1, 0.15) is 6.92 Å². The summed E-state index contributed by atoms with van der Waals surface area (Å²) in [5.41, 5.74) is 0.779. The zero-order valence-electron chi connectivity index (χ0n) is 9.66. The lowest BCUT2D eigenvalue weighted by Crippen LogP contribution is -2.42. The highest BCUT2D eigenvalue weighted by molar-refractivity contribution is 7.99. The van der Waals surface area contributed by atoms with Crippen molar-refractivity contribution in [2.75, 3.05) is 30.8 Å². The Kier molecular flexibility index (Phi) is 3.71. The van der Waals surface area contributed by atoms with Crippen LogP contribution in [0.15, 0.2) is 23.1 Å². The van der Waals surface area contributed by atoms with Crippen LogP contribution in [0.5, 0.6) is 0 Å². The van der Waals surface area contributed by atoms with Crippen molar-refractivity contribution in [2.24, 2.45) is 0 Å². The molecule has 0 amide bonds. The van der Waals surface area contributed by atoms with E-state index in [1.807, 2.05) is 13.1 Å². The summed E-state index contributed by atoms with van der Waals surface area (Å²) in [4.78, 5) is 3.23. The van der Waals surface area contributed by atoms with E-state index in [4.69, 9.17) is 0 Å². The predicted molar refractivity (Wildman–Crippen MR) is 67.9 cm³/mol. The molecular formula is C12H17FN2S. The maximum atomic E-state index is 13.8. The van der Waals surface area contributed by atoms with Gasteiger partial charge in [-0.3, -0.25) is 0 Å². The van der Waals surface area contributed by atoms with E-state index in [2.05, 4.69) is 17.1 Å². The molecule has 1 heterocycles. The number of likely N-dealkylation sites (N-methyl/N-ethyl adjacent to an activating group) is 1. The number of nitrogens with one attached hydrogen (secondary N) is 1. The van der Waals surface area contributed by atoms with Crippen LogP contribution in [0.25, 0.3) is 0 Å². The number of benzene rings is 1. The van der Waals surface area contributed by atoms with Crippen LogP contribution in [0.4, 0.5) is 10.1 Å². The molecule has 1 aromatic rings. The average Bonchev–Trinajstić information content (AvgIpc) is 2.28. The Morgan fingerprint density at radius 2 is 2.38 bits per heavy atom. The fraction of sp³-hybridized carbons (Fsp3) is 0.500. The van der Waals surface area contributed by atoms with Gasteiger partial charge in [-0.2, -0.15) is 0 Å². The Hall–Kier alpha value is -0.740. The van der Waals surface area contributed by atoms with Gasteiger partial charge in [0.2, 0.25) is 0 Å². The van der Waals surface area contributed by atoms with E-state index in [0.29, 0.717) is 6.04 Å². The van der Waals surface area contributed by atoms with Gasteiger partial charge < -0.3 is 10.2 Å². The number of anilines is 1. The van der Waals surface area contributed by atoms with Gasteiger partial charge in [0.15, 0.2) is 0 Å². The highest BCUT2D eigenvalue weighted by atomic mass is 32.2. The van der Waals surface area contributed by atoms with Gasteiger partial charge in [0.25, 0.3) is 0 Å². The third kappa shape index (κ3) is 2.18. The number of nitrogens with zero attached hydrogens (tertiary/aromatic N) is 1. The lowest BCUT2D eigenvalue weighted by molar-refractivity contribution is 0.585. The van der Waals surface area contributed by atoms with E-state index in [1.54, 1.807) is 23.9 Å². The van der Waals surface area contributed by atoms with Gasteiger partial charge in [0.1, 0.15) is 5.82 Å². The second kappa shape index (κ2) is 5.06. The number of thioether (sulfide) groups is 1. The van der Waals surface area contributed by atoms with Crippen LogP contribution < -0.4 is 10.2 Å². The molecule has 2 nitrogen and oxygen atoms in total. The maximum absolute atomic E-state index is 13.8. The van der Waals surface area contributed by atoms with E-state index in [-0.39, 0.29) is 5.82 Å². The monoisotopic (exact) mass is 240 g/mol. The van der Waals surface area contributed by atoms with Crippen molar-refractivity contribution < 1.29 is 4.39 Å². The Labute approximate surface area is 100 Å². The number of halogens is 1. The van der Waals surface area contributed by atoms with Gasteiger partial charge in [0.05, 0.1) is 5.69 Å². The van der Waals surface area contributed by atoms with Crippen LogP contribution in [0, 0.1) is 5.82 Å². The Morgan fingerprint density at radius 3 is 3.12 bits per heavy atom. The molecule has 0 radical (unpaired) electrons. The average molecular weight is 240 g/mol. The molecule has 0 bridgehead atoms. The first kappa shape index (κ1) is 11.7. The molecule has 2 rings (SSSR count). The molecule has 1 unspecified atom stereocenters. The fourth-order valence-corrected chi connectivity index (χ4v) is 3.10. The topological polar surface area (TPSA) is 15.3 Å². The van der Waals surface area contributed by atoms with E-state index in [1.165, 1.54) is 0 Å². The summed E-state index contributed by atoms with van der Waals surface area (Å²) in [6.45, 7) is 3.88. The molecule has 1 N–H and O–H groups in total. The second-order valence-electron chi connectivity index (χ2n) is 4.04. The quantitative estimate of drug-likeness (QED) is 0.873. The van der Waals surface area contributed by atoms with Crippen molar-refractivity contribution in [1.82, 2.24) is 5.32 Å².